The Kier molecular flexibility index (Phi) is 6.66. The average molecular weight is 440 g/mol. The number of thiazole rings is 1. The van der Waals surface area contributed by atoms with E-state index in [1.54, 1.807) is 12.1 Å². The molecule has 0 bridgehead atoms. The van der Waals surface area contributed by atoms with Gasteiger partial charge in [0, 0.05) is 11.6 Å². The van der Waals surface area contributed by atoms with Crippen LogP contribution in [0.15, 0.2) is 65.0 Å². The third kappa shape index (κ3) is 5.84. The van der Waals surface area contributed by atoms with E-state index < -0.39 is 0 Å². The van der Waals surface area contributed by atoms with Crippen LogP contribution in [0.4, 0.5) is 5.00 Å². The fourth-order valence-electron chi connectivity index (χ4n) is 2.69. The molecular weight excluding hydrogens is 418 g/mol. The number of nitrogens with zero attached hydrogens (tertiary/aromatic N) is 1. The molecule has 30 heavy (non-hydrogen) atoms. The first-order valence-corrected chi connectivity index (χ1v) is 11.4. The maximum Gasteiger partial charge on any atom is 0.262 e. The van der Waals surface area contributed by atoms with Gasteiger partial charge >= 0.3 is 0 Å². The fourth-order valence-corrected chi connectivity index (χ4v) is 4.58. The Morgan fingerprint density at radius 2 is 1.73 bits per heavy atom. The predicted octanol–water partition coefficient (Wildman–Crippen LogP) is 4.20. The van der Waals surface area contributed by atoms with E-state index in [0.29, 0.717) is 28.2 Å². The Bertz CT molecular complexity index is 1000. The highest BCUT2D eigenvalue weighted by molar-refractivity contribution is 8.01. The van der Waals surface area contributed by atoms with E-state index >= 15 is 0 Å². The van der Waals surface area contributed by atoms with E-state index in [2.05, 4.69) is 15.6 Å². The lowest BCUT2D eigenvalue weighted by Crippen LogP contribution is -2.26. The second kappa shape index (κ2) is 9.77. The van der Waals surface area contributed by atoms with Gasteiger partial charge in [0.2, 0.25) is 5.91 Å². The molecule has 0 aliphatic heterocycles. The second-order valence-corrected chi connectivity index (χ2v) is 9.03. The van der Waals surface area contributed by atoms with Crippen molar-refractivity contribution in [2.45, 2.75) is 23.2 Å². The molecule has 2 N–H and O–H groups in total. The van der Waals surface area contributed by atoms with Crippen molar-refractivity contribution in [2.24, 2.45) is 0 Å². The minimum Gasteiger partial charge on any atom is -0.484 e. The van der Waals surface area contributed by atoms with Gasteiger partial charge in [0.1, 0.15) is 16.4 Å². The Morgan fingerprint density at radius 3 is 2.43 bits per heavy atom. The summed E-state index contributed by atoms with van der Waals surface area (Å²) < 4.78 is 6.26. The first-order valence-electron chi connectivity index (χ1n) is 9.63. The molecule has 2 aromatic carbocycles. The van der Waals surface area contributed by atoms with Crippen molar-refractivity contribution < 1.29 is 14.3 Å². The number of hydrogen-bond acceptors (Lipinski definition) is 6. The number of hydrogen-bond donors (Lipinski definition) is 2. The van der Waals surface area contributed by atoms with E-state index in [1.807, 2.05) is 48.5 Å². The lowest BCUT2D eigenvalue weighted by Gasteiger charge is -2.07. The van der Waals surface area contributed by atoms with Crippen LogP contribution in [0.25, 0.3) is 11.3 Å². The molecule has 0 radical (unpaired) electrons. The normalized spacial score (nSPS) is 12.9. The number of aromatic nitrogens is 1. The molecule has 4 rings (SSSR count). The SMILES string of the molecule is O=C(COc1ccccc1)Nc1sc(SCC(=O)NC2CC2)nc1-c1ccccc1. The molecule has 0 unspecified atom stereocenters. The van der Waals surface area contributed by atoms with Crippen LogP contribution in [0.1, 0.15) is 12.8 Å². The predicted molar refractivity (Wildman–Crippen MR) is 120 cm³/mol. The van der Waals surface area contributed by atoms with E-state index in [1.165, 1.54) is 23.1 Å². The summed E-state index contributed by atoms with van der Waals surface area (Å²) in [5.41, 5.74) is 1.60. The maximum absolute atomic E-state index is 12.4. The summed E-state index contributed by atoms with van der Waals surface area (Å²) in [7, 11) is 0. The topological polar surface area (TPSA) is 80.3 Å². The van der Waals surface area contributed by atoms with Crippen LogP contribution < -0.4 is 15.4 Å². The first-order chi connectivity index (χ1) is 14.7. The zero-order valence-corrected chi connectivity index (χ0v) is 17.8. The van der Waals surface area contributed by atoms with Gasteiger partial charge in [-0.25, -0.2) is 4.98 Å². The summed E-state index contributed by atoms with van der Waals surface area (Å²) in [5.74, 6) is 0.699. The highest BCUT2D eigenvalue weighted by atomic mass is 32.2. The highest BCUT2D eigenvalue weighted by Crippen LogP contribution is 2.37. The molecule has 8 heteroatoms. The number of anilines is 1. The molecule has 154 valence electrons. The fraction of sp³-hybridized carbons (Fsp3) is 0.227. The summed E-state index contributed by atoms with van der Waals surface area (Å²) in [5, 5.41) is 6.53. The lowest BCUT2D eigenvalue weighted by molar-refractivity contribution is -0.119. The van der Waals surface area contributed by atoms with Gasteiger partial charge < -0.3 is 15.4 Å². The van der Waals surface area contributed by atoms with Gasteiger partial charge in [-0.05, 0) is 25.0 Å². The summed E-state index contributed by atoms with van der Waals surface area (Å²) in [6.07, 6.45) is 2.13. The molecule has 1 aliphatic rings. The van der Waals surface area contributed by atoms with Crippen LogP contribution in [-0.4, -0.2) is 35.2 Å². The van der Waals surface area contributed by atoms with Crippen LogP contribution in [-0.2, 0) is 9.59 Å². The molecular formula is C22H21N3O3S2. The van der Waals surface area contributed by atoms with Crippen molar-refractivity contribution in [3.63, 3.8) is 0 Å². The van der Waals surface area contributed by atoms with Gasteiger partial charge in [0.15, 0.2) is 10.9 Å². The van der Waals surface area contributed by atoms with Crippen molar-refractivity contribution in [2.75, 3.05) is 17.7 Å². The standard InChI is InChI=1S/C22H21N3O3S2/c26-18(13-28-17-9-5-2-6-10-17)24-21-20(15-7-3-1-4-8-15)25-22(30-21)29-14-19(27)23-16-11-12-16/h1-10,16H,11-14H2,(H,23,27)(H,24,26). The van der Waals surface area contributed by atoms with Crippen LogP contribution in [0.5, 0.6) is 5.75 Å². The average Bonchev–Trinajstić information content (AvgIpc) is 3.50. The van der Waals surface area contributed by atoms with Crippen LogP contribution in [0.2, 0.25) is 0 Å². The number of nitrogens with one attached hydrogen (secondary N) is 2. The molecule has 2 amide bonds. The molecule has 1 heterocycles. The van der Waals surface area contributed by atoms with Gasteiger partial charge in [-0.15, -0.1) is 0 Å². The van der Waals surface area contributed by atoms with Crippen molar-refractivity contribution in [1.82, 2.24) is 10.3 Å². The van der Waals surface area contributed by atoms with E-state index in [4.69, 9.17) is 4.74 Å². The third-order valence-electron chi connectivity index (χ3n) is 4.29. The molecule has 3 aromatic rings. The second-order valence-electron chi connectivity index (χ2n) is 6.80. The Balaban J connectivity index is 1.43. The van der Waals surface area contributed by atoms with Gasteiger partial charge in [-0.1, -0.05) is 71.6 Å². The first kappa shape index (κ1) is 20.4. The van der Waals surface area contributed by atoms with Crippen molar-refractivity contribution in [3.05, 3.63) is 60.7 Å². The summed E-state index contributed by atoms with van der Waals surface area (Å²) in [6.45, 7) is -0.0948. The van der Waals surface area contributed by atoms with Gasteiger partial charge in [-0.2, -0.15) is 0 Å². The Morgan fingerprint density at radius 1 is 1.03 bits per heavy atom. The number of benzene rings is 2. The van der Waals surface area contributed by atoms with Crippen LogP contribution in [0.3, 0.4) is 0 Å². The van der Waals surface area contributed by atoms with E-state index in [9.17, 15) is 9.59 Å². The van der Waals surface area contributed by atoms with Gasteiger partial charge in [0.05, 0.1) is 5.75 Å². The Hall–Kier alpha value is -2.84. The molecule has 6 nitrogen and oxygen atoms in total. The third-order valence-corrected chi connectivity index (χ3v) is 6.40. The minimum absolute atomic E-state index is 0.0146. The van der Waals surface area contributed by atoms with Crippen molar-refractivity contribution >= 4 is 39.9 Å². The summed E-state index contributed by atoms with van der Waals surface area (Å²) >= 11 is 2.74. The quantitative estimate of drug-likeness (QED) is 0.489. The molecule has 1 aliphatic carbocycles. The molecule has 0 spiro atoms. The number of carbonyl (C=O) groups excluding carboxylic acids is 2. The number of ether oxygens (including phenoxy) is 1. The van der Waals surface area contributed by atoms with E-state index in [-0.39, 0.29) is 18.4 Å². The number of thioether (sulfide) groups is 1. The summed E-state index contributed by atoms with van der Waals surface area (Å²) in [4.78, 5) is 29.1. The highest BCUT2D eigenvalue weighted by Gasteiger charge is 2.23. The number of para-hydroxylation sites is 1. The van der Waals surface area contributed by atoms with E-state index in [0.717, 1.165) is 22.7 Å². The maximum atomic E-state index is 12.4. The van der Waals surface area contributed by atoms with Crippen molar-refractivity contribution in [1.29, 1.82) is 0 Å². The van der Waals surface area contributed by atoms with Gasteiger partial charge in [-0.3, -0.25) is 9.59 Å². The lowest BCUT2D eigenvalue weighted by atomic mass is 10.2. The molecule has 0 atom stereocenters. The number of rotatable bonds is 9. The minimum atomic E-state index is -0.261. The molecule has 0 saturated heterocycles. The van der Waals surface area contributed by atoms with Crippen LogP contribution in [0, 0.1) is 0 Å². The van der Waals surface area contributed by atoms with Crippen LogP contribution >= 0.6 is 23.1 Å². The van der Waals surface area contributed by atoms with Gasteiger partial charge in [0.25, 0.3) is 5.91 Å². The van der Waals surface area contributed by atoms with Crippen molar-refractivity contribution in [3.8, 4) is 17.0 Å². The smallest absolute Gasteiger partial charge is 0.262 e. The molecule has 1 fully saturated rings. The zero-order valence-electron chi connectivity index (χ0n) is 16.2. The molecule has 1 saturated carbocycles. The monoisotopic (exact) mass is 439 g/mol. The largest absolute Gasteiger partial charge is 0.484 e. The molecule has 1 aromatic heterocycles. The zero-order chi connectivity index (χ0) is 20.8. The number of carbonyl (C=O) groups is 2. The number of amides is 2. The summed E-state index contributed by atoms with van der Waals surface area (Å²) in [6, 6.07) is 19.2. The Labute approximate surface area is 183 Å².